The van der Waals surface area contributed by atoms with Crippen molar-refractivity contribution in [2.24, 2.45) is 0 Å². The molecular formula is C18H17ClN2O. The number of hydrogen-bond donors (Lipinski definition) is 0. The van der Waals surface area contributed by atoms with Crippen LogP contribution in [-0.2, 0) is 6.42 Å². The first-order valence-electron chi connectivity index (χ1n) is 7.20. The highest BCUT2D eigenvalue weighted by Gasteiger charge is 2.37. The zero-order valence-corrected chi connectivity index (χ0v) is 13.3. The number of fused-ring (bicyclic) bond motifs is 1. The fourth-order valence-electron chi connectivity index (χ4n) is 3.00. The van der Waals surface area contributed by atoms with Gasteiger partial charge in [0, 0.05) is 5.02 Å². The van der Waals surface area contributed by atoms with E-state index in [2.05, 4.69) is 11.0 Å². The van der Waals surface area contributed by atoms with Gasteiger partial charge in [-0.25, -0.2) is 0 Å². The van der Waals surface area contributed by atoms with E-state index in [1.807, 2.05) is 50.5 Å². The van der Waals surface area contributed by atoms with E-state index < -0.39 is 0 Å². The molecule has 0 fully saturated rings. The van der Waals surface area contributed by atoms with Gasteiger partial charge in [0.05, 0.1) is 17.7 Å². The van der Waals surface area contributed by atoms with E-state index >= 15 is 0 Å². The third-order valence-corrected chi connectivity index (χ3v) is 4.33. The molecule has 0 N–H and O–H groups in total. The number of ether oxygens (including phenoxy) is 1. The van der Waals surface area contributed by atoms with Crippen molar-refractivity contribution in [1.29, 1.82) is 5.26 Å². The van der Waals surface area contributed by atoms with Crippen LogP contribution in [0.2, 0.25) is 5.02 Å². The quantitative estimate of drug-likeness (QED) is 0.864. The number of likely N-dealkylation sites (N-methyl/N-ethyl adjacent to an activating group) is 1. The van der Waals surface area contributed by atoms with Gasteiger partial charge in [-0.2, -0.15) is 5.26 Å². The van der Waals surface area contributed by atoms with Crippen LogP contribution in [0.5, 0.6) is 5.75 Å². The van der Waals surface area contributed by atoms with Crippen LogP contribution in [0.4, 0.5) is 0 Å². The minimum absolute atomic E-state index is 0.127. The predicted octanol–water partition coefficient (Wildman–Crippen LogP) is 3.82. The van der Waals surface area contributed by atoms with Crippen molar-refractivity contribution in [3.63, 3.8) is 0 Å². The lowest BCUT2D eigenvalue weighted by molar-refractivity contribution is 0.111. The Kier molecular flexibility index (Phi) is 4.06. The highest BCUT2D eigenvalue weighted by atomic mass is 35.5. The standard InChI is InChI=1S/C18H17ClN2O/c1-21(2)17-10-15-12(11-20)8-13(19)9-16(15)18(17)22-14-6-4-3-5-7-14/h3-9,17-18H,10H2,1-2H3/t17-,18-/m0/s1. The summed E-state index contributed by atoms with van der Waals surface area (Å²) in [7, 11) is 4.07. The average Bonchev–Trinajstić information content (AvgIpc) is 2.86. The smallest absolute Gasteiger partial charge is 0.140 e. The molecule has 0 aliphatic heterocycles. The summed E-state index contributed by atoms with van der Waals surface area (Å²) in [6, 6.07) is 15.9. The molecule has 0 saturated carbocycles. The van der Waals surface area contributed by atoms with Crippen LogP contribution < -0.4 is 4.74 Å². The maximum Gasteiger partial charge on any atom is 0.140 e. The van der Waals surface area contributed by atoms with Gasteiger partial charge >= 0.3 is 0 Å². The van der Waals surface area contributed by atoms with Crippen LogP contribution >= 0.6 is 11.6 Å². The zero-order valence-electron chi connectivity index (χ0n) is 12.6. The SMILES string of the molecule is CN(C)[C@H]1Cc2c(C#N)cc(Cl)cc2[C@@H]1Oc1ccccc1. The molecular weight excluding hydrogens is 296 g/mol. The van der Waals surface area contributed by atoms with E-state index in [1.54, 1.807) is 6.07 Å². The molecule has 0 aromatic heterocycles. The Morgan fingerprint density at radius 3 is 2.59 bits per heavy atom. The largest absolute Gasteiger partial charge is 0.484 e. The second kappa shape index (κ2) is 6.00. The van der Waals surface area contributed by atoms with Gasteiger partial charge in [0.2, 0.25) is 0 Å². The summed E-state index contributed by atoms with van der Waals surface area (Å²) in [5.74, 6) is 0.825. The normalized spacial score (nSPS) is 19.8. The Morgan fingerprint density at radius 1 is 1.23 bits per heavy atom. The van der Waals surface area contributed by atoms with Gasteiger partial charge in [-0.05, 0) is 55.9 Å². The Balaban J connectivity index is 2.04. The van der Waals surface area contributed by atoms with Crippen LogP contribution in [-0.4, -0.2) is 25.0 Å². The highest BCUT2D eigenvalue weighted by Crippen LogP contribution is 2.40. The van der Waals surface area contributed by atoms with Gasteiger partial charge in [0.1, 0.15) is 11.9 Å². The Hall–Kier alpha value is -2.02. The topological polar surface area (TPSA) is 36.3 Å². The minimum atomic E-state index is -0.127. The van der Waals surface area contributed by atoms with Gasteiger partial charge in [0.25, 0.3) is 0 Å². The Labute approximate surface area is 135 Å². The molecule has 0 bridgehead atoms. The van der Waals surface area contributed by atoms with Crippen molar-refractivity contribution in [3.05, 3.63) is 64.2 Å². The van der Waals surface area contributed by atoms with Gasteiger partial charge < -0.3 is 9.64 Å². The minimum Gasteiger partial charge on any atom is -0.484 e. The summed E-state index contributed by atoms with van der Waals surface area (Å²) >= 11 is 6.18. The van der Waals surface area contributed by atoms with E-state index in [1.165, 1.54) is 0 Å². The number of halogens is 1. The number of nitrogens with zero attached hydrogens (tertiary/aromatic N) is 2. The van der Waals surface area contributed by atoms with Gasteiger partial charge in [-0.3, -0.25) is 0 Å². The van der Waals surface area contributed by atoms with E-state index in [0.29, 0.717) is 10.6 Å². The number of rotatable bonds is 3. The molecule has 112 valence electrons. The van der Waals surface area contributed by atoms with Crippen LogP contribution in [0, 0.1) is 11.3 Å². The maximum absolute atomic E-state index is 9.36. The molecule has 0 saturated heterocycles. The van der Waals surface area contributed by atoms with Crippen LogP contribution in [0.15, 0.2) is 42.5 Å². The first-order valence-corrected chi connectivity index (χ1v) is 7.58. The van der Waals surface area contributed by atoms with E-state index in [0.717, 1.165) is 23.3 Å². The fourth-order valence-corrected chi connectivity index (χ4v) is 3.23. The number of benzene rings is 2. The van der Waals surface area contributed by atoms with E-state index in [-0.39, 0.29) is 12.1 Å². The number of para-hydroxylation sites is 1. The van der Waals surface area contributed by atoms with Gasteiger partial charge in [0.15, 0.2) is 0 Å². The number of nitriles is 1. The van der Waals surface area contributed by atoms with E-state index in [4.69, 9.17) is 16.3 Å². The van der Waals surface area contributed by atoms with Crippen LogP contribution in [0.25, 0.3) is 0 Å². The Morgan fingerprint density at radius 2 is 1.95 bits per heavy atom. The first kappa shape index (κ1) is 14.9. The predicted molar refractivity (Wildman–Crippen MR) is 87.2 cm³/mol. The molecule has 4 heteroatoms. The summed E-state index contributed by atoms with van der Waals surface area (Å²) in [6.07, 6.45) is 0.665. The molecule has 0 radical (unpaired) electrons. The van der Waals surface area contributed by atoms with Crippen molar-refractivity contribution in [2.75, 3.05) is 14.1 Å². The summed E-state index contributed by atoms with van der Waals surface area (Å²) in [5.41, 5.74) is 2.71. The molecule has 22 heavy (non-hydrogen) atoms. The van der Waals surface area contributed by atoms with Gasteiger partial charge in [-0.1, -0.05) is 29.8 Å². The lowest BCUT2D eigenvalue weighted by Gasteiger charge is -2.27. The highest BCUT2D eigenvalue weighted by molar-refractivity contribution is 6.30. The first-order chi connectivity index (χ1) is 10.6. The molecule has 0 unspecified atom stereocenters. The molecule has 3 nitrogen and oxygen atoms in total. The van der Waals surface area contributed by atoms with Crippen molar-refractivity contribution >= 4 is 11.6 Å². The molecule has 2 aromatic carbocycles. The van der Waals surface area contributed by atoms with Crippen LogP contribution in [0.1, 0.15) is 22.8 Å². The third kappa shape index (κ3) is 2.68. The van der Waals surface area contributed by atoms with Crippen LogP contribution in [0.3, 0.4) is 0 Å². The summed E-state index contributed by atoms with van der Waals surface area (Å²) < 4.78 is 6.22. The van der Waals surface area contributed by atoms with E-state index in [9.17, 15) is 5.26 Å². The number of hydrogen-bond acceptors (Lipinski definition) is 3. The van der Waals surface area contributed by atoms with Crippen molar-refractivity contribution < 1.29 is 4.74 Å². The molecule has 0 heterocycles. The third-order valence-electron chi connectivity index (χ3n) is 4.11. The summed E-state index contributed by atoms with van der Waals surface area (Å²) in [5, 5.41) is 9.94. The zero-order chi connectivity index (χ0) is 15.7. The van der Waals surface area contributed by atoms with Crippen molar-refractivity contribution in [1.82, 2.24) is 4.90 Å². The molecule has 0 spiro atoms. The maximum atomic E-state index is 9.36. The lowest BCUT2D eigenvalue weighted by Crippen LogP contribution is -2.34. The fraction of sp³-hybridized carbons (Fsp3) is 0.278. The summed E-state index contributed by atoms with van der Waals surface area (Å²) in [6.45, 7) is 0. The monoisotopic (exact) mass is 312 g/mol. The Bertz CT molecular complexity index is 722. The summed E-state index contributed by atoms with van der Waals surface area (Å²) in [4.78, 5) is 2.14. The van der Waals surface area contributed by atoms with Gasteiger partial charge in [-0.15, -0.1) is 0 Å². The molecule has 1 aliphatic carbocycles. The second-order valence-electron chi connectivity index (χ2n) is 5.72. The molecule has 0 amide bonds. The second-order valence-corrected chi connectivity index (χ2v) is 6.16. The molecule has 3 rings (SSSR count). The molecule has 1 aliphatic rings. The average molecular weight is 313 g/mol. The lowest BCUT2D eigenvalue weighted by atomic mass is 10.0. The van der Waals surface area contributed by atoms with Crippen molar-refractivity contribution in [3.8, 4) is 11.8 Å². The molecule has 2 atom stereocenters. The van der Waals surface area contributed by atoms with Crippen molar-refractivity contribution in [2.45, 2.75) is 18.6 Å². The molecule has 2 aromatic rings.